The fourth-order valence-corrected chi connectivity index (χ4v) is 6.87. The average Bonchev–Trinajstić information content (AvgIpc) is 3.00. The Morgan fingerprint density at radius 1 is 1.12 bits per heavy atom. The van der Waals surface area contributed by atoms with Crippen molar-refractivity contribution >= 4 is 5.97 Å². The van der Waals surface area contributed by atoms with Crippen molar-refractivity contribution in [2.45, 2.75) is 73.8 Å². The van der Waals surface area contributed by atoms with Crippen molar-refractivity contribution in [3.8, 4) is 0 Å². The molecule has 186 valence electrons. The molecule has 3 aliphatic carbocycles. The number of carbonyl (C=O) groups excluding carboxylic acids is 1. The third-order valence-corrected chi connectivity index (χ3v) is 8.57. The maximum atomic E-state index is 12.7. The predicted molar refractivity (Wildman–Crippen MR) is 109 cm³/mol. The summed E-state index contributed by atoms with van der Waals surface area (Å²) < 4.78 is 29.7. The van der Waals surface area contributed by atoms with E-state index in [9.17, 15) is 30.3 Å². The topological polar surface area (TPSA) is 164 Å². The zero-order valence-electron chi connectivity index (χ0n) is 18.4. The molecule has 34 heavy (non-hydrogen) atoms. The lowest BCUT2D eigenvalue weighted by Crippen LogP contribution is -2.80. The van der Waals surface area contributed by atoms with Gasteiger partial charge in [0.15, 0.2) is 18.4 Å². The summed E-state index contributed by atoms with van der Waals surface area (Å²) in [4.78, 5) is 12.7. The van der Waals surface area contributed by atoms with Crippen molar-refractivity contribution in [3.63, 3.8) is 0 Å². The fourth-order valence-electron chi connectivity index (χ4n) is 6.87. The number of aliphatic hydroxyl groups is 5. The monoisotopic (exact) mass is 480 g/mol. The van der Waals surface area contributed by atoms with Crippen molar-refractivity contribution in [3.05, 3.63) is 35.9 Å². The molecule has 0 amide bonds. The van der Waals surface area contributed by atoms with E-state index in [0.717, 1.165) is 0 Å². The van der Waals surface area contributed by atoms with Crippen molar-refractivity contribution < 1.29 is 54.0 Å². The van der Waals surface area contributed by atoms with Gasteiger partial charge in [-0.05, 0) is 25.5 Å². The van der Waals surface area contributed by atoms with E-state index in [1.54, 1.807) is 37.3 Å². The van der Waals surface area contributed by atoms with Crippen LogP contribution in [0.15, 0.2) is 30.3 Å². The minimum atomic E-state index is -1.61. The van der Waals surface area contributed by atoms with Gasteiger partial charge in [0.05, 0.1) is 17.6 Å². The Hall–Kier alpha value is -1.67. The summed E-state index contributed by atoms with van der Waals surface area (Å²) in [5, 5.41) is 51.7. The largest absolute Gasteiger partial charge is 0.461 e. The number of aliphatic hydroxyl groups excluding tert-OH is 4. The number of hydrogen-bond acceptors (Lipinski definition) is 11. The van der Waals surface area contributed by atoms with E-state index in [1.807, 2.05) is 0 Å². The van der Waals surface area contributed by atoms with Crippen LogP contribution >= 0.6 is 0 Å². The molecule has 1 aromatic carbocycles. The van der Waals surface area contributed by atoms with Crippen LogP contribution < -0.4 is 0 Å². The Morgan fingerprint density at radius 2 is 1.85 bits per heavy atom. The molecule has 4 saturated heterocycles. The number of rotatable bonds is 6. The average molecular weight is 480 g/mol. The first-order valence-corrected chi connectivity index (χ1v) is 11.4. The standard InChI is InChI=1S/C23H28O11/c1-20-9-22(29)13-7-23(20,32-18-16(27)15(26)14(25)12(8-24)31-18)21(13,19(33-20)34-22)10-30-17(28)11-5-3-2-4-6-11/h2-6,12-16,18-19,24-27,29H,7-10H2,1H3/t12-,13+,14+,15+,16-,18-,19+,20+,21-,22-,23-/m1/s1. The third kappa shape index (κ3) is 2.59. The minimum Gasteiger partial charge on any atom is -0.461 e. The van der Waals surface area contributed by atoms with Crippen molar-refractivity contribution in [2.24, 2.45) is 11.3 Å². The Bertz CT molecular complexity index is 988. The minimum absolute atomic E-state index is 0.0902. The smallest absolute Gasteiger partial charge is 0.338 e. The molecule has 11 nitrogen and oxygen atoms in total. The van der Waals surface area contributed by atoms with Crippen LogP contribution in [0.5, 0.6) is 0 Å². The second-order valence-electron chi connectivity index (χ2n) is 10.2. The number of ether oxygens (including phenoxy) is 5. The van der Waals surface area contributed by atoms with Gasteiger partial charge in [-0.3, -0.25) is 0 Å². The Morgan fingerprint density at radius 3 is 2.56 bits per heavy atom. The fraction of sp³-hybridized carbons (Fsp3) is 0.696. The summed E-state index contributed by atoms with van der Waals surface area (Å²) in [6.45, 7) is 0.985. The van der Waals surface area contributed by atoms with Gasteiger partial charge in [0, 0.05) is 12.3 Å². The second kappa shape index (κ2) is 7.19. The van der Waals surface area contributed by atoms with Crippen molar-refractivity contribution in [1.82, 2.24) is 0 Å². The SMILES string of the molecule is C[C@@]12C[C@@]3(O)O[C@H](O1)[C@@]1(COC(=O)c4ccccc4)[C@@H]3C[C@]12O[C@H]1O[C@H](CO)[C@H](O)[C@H](O)[C@H]1O. The lowest BCUT2D eigenvalue weighted by molar-refractivity contribution is -0.424. The molecular weight excluding hydrogens is 452 g/mol. The van der Waals surface area contributed by atoms with Crippen LogP contribution in [0.3, 0.4) is 0 Å². The van der Waals surface area contributed by atoms with Gasteiger partial charge in [-0.2, -0.15) is 0 Å². The van der Waals surface area contributed by atoms with E-state index in [0.29, 0.717) is 5.56 Å². The number of hydrogen-bond donors (Lipinski definition) is 5. The van der Waals surface area contributed by atoms with Gasteiger partial charge in [0.1, 0.15) is 42.2 Å². The lowest BCUT2D eigenvalue weighted by atomic mass is 9.41. The highest BCUT2D eigenvalue weighted by atomic mass is 16.8. The molecule has 0 radical (unpaired) electrons. The lowest BCUT2D eigenvalue weighted by Gasteiger charge is -2.67. The predicted octanol–water partition coefficient (Wildman–Crippen LogP) is -1.36. The quantitative estimate of drug-likeness (QED) is 0.306. The van der Waals surface area contributed by atoms with Crippen LogP contribution in [0, 0.1) is 11.3 Å². The first-order chi connectivity index (χ1) is 16.1. The molecule has 6 bridgehead atoms. The molecule has 3 saturated carbocycles. The van der Waals surface area contributed by atoms with Crippen LogP contribution in [0.1, 0.15) is 30.1 Å². The van der Waals surface area contributed by atoms with Gasteiger partial charge in [-0.25, -0.2) is 4.79 Å². The van der Waals surface area contributed by atoms with E-state index in [2.05, 4.69) is 0 Å². The summed E-state index contributed by atoms with van der Waals surface area (Å²) in [5.74, 6) is -2.49. The summed E-state index contributed by atoms with van der Waals surface area (Å²) in [7, 11) is 0. The molecule has 4 heterocycles. The maximum absolute atomic E-state index is 12.7. The van der Waals surface area contributed by atoms with Gasteiger partial charge < -0.3 is 49.2 Å². The van der Waals surface area contributed by atoms with Crippen LogP contribution in [0.2, 0.25) is 0 Å². The van der Waals surface area contributed by atoms with Crippen LogP contribution in [-0.4, -0.2) is 98.7 Å². The highest BCUT2D eigenvalue weighted by Gasteiger charge is 2.94. The Balaban J connectivity index is 1.32. The molecular formula is C23H28O11. The molecule has 0 unspecified atom stereocenters. The van der Waals surface area contributed by atoms with Crippen LogP contribution in [-0.2, 0) is 23.7 Å². The zero-order valence-corrected chi connectivity index (χ0v) is 18.4. The van der Waals surface area contributed by atoms with E-state index < -0.39 is 77.9 Å². The van der Waals surface area contributed by atoms with E-state index in [4.69, 9.17) is 23.7 Å². The second-order valence-corrected chi connectivity index (χ2v) is 10.2. The molecule has 8 rings (SSSR count). The molecule has 11 atom stereocenters. The van der Waals surface area contributed by atoms with E-state index >= 15 is 0 Å². The molecule has 0 aromatic heterocycles. The van der Waals surface area contributed by atoms with Crippen molar-refractivity contribution in [1.29, 1.82) is 0 Å². The third-order valence-electron chi connectivity index (χ3n) is 8.57. The first kappa shape index (κ1) is 22.8. The Kier molecular flexibility index (Phi) is 4.81. The molecule has 7 aliphatic rings. The number of esters is 1. The zero-order chi connectivity index (χ0) is 24.1. The summed E-state index contributed by atoms with van der Waals surface area (Å²) in [6.07, 6.45) is -7.87. The molecule has 11 heteroatoms. The highest BCUT2D eigenvalue weighted by Crippen LogP contribution is 2.81. The normalized spacial score (nSPS) is 52.5. The van der Waals surface area contributed by atoms with Crippen LogP contribution in [0.25, 0.3) is 0 Å². The molecule has 4 aliphatic heterocycles. The first-order valence-electron chi connectivity index (χ1n) is 11.4. The van der Waals surface area contributed by atoms with Crippen molar-refractivity contribution in [2.75, 3.05) is 13.2 Å². The molecule has 0 spiro atoms. The summed E-state index contributed by atoms with van der Waals surface area (Å²) >= 11 is 0. The van der Waals surface area contributed by atoms with E-state index in [1.165, 1.54) is 0 Å². The van der Waals surface area contributed by atoms with Gasteiger partial charge in [-0.15, -0.1) is 0 Å². The summed E-state index contributed by atoms with van der Waals surface area (Å²) in [5.41, 5.74) is -2.99. The molecule has 5 N–H and O–H groups in total. The van der Waals surface area contributed by atoms with Gasteiger partial charge in [-0.1, -0.05) is 18.2 Å². The maximum Gasteiger partial charge on any atom is 0.338 e. The number of benzene rings is 1. The molecule has 7 fully saturated rings. The number of carbonyl (C=O) groups is 1. The molecule has 1 aromatic rings. The van der Waals surface area contributed by atoms with E-state index in [-0.39, 0.29) is 19.4 Å². The van der Waals surface area contributed by atoms with Gasteiger partial charge in [0.25, 0.3) is 0 Å². The van der Waals surface area contributed by atoms with Crippen LogP contribution in [0.4, 0.5) is 0 Å². The summed E-state index contributed by atoms with van der Waals surface area (Å²) in [6, 6.07) is 8.47. The van der Waals surface area contributed by atoms with Gasteiger partial charge in [0.2, 0.25) is 0 Å². The Labute approximate surface area is 194 Å². The van der Waals surface area contributed by atoms with Gasteiger partial charge >= 0.3 is 5.97 Å². The highest BCUT2D eigenvalue weighted by molar-refractivity contribution is 5.89.